The lowest BCUT2D eigenvalue weighted by atomic mass is 9.86. The summed E-state index contributed by atoms with van der Waals surface area (Å²) in [5, 5.41) is 16.0. The lowest BCUT2D eigenvalue weighted by Crippen LogP contribution is -2.56. The molecule has 3 heterocycles. The molecule has 2 aromatic rings. The van der Waals surface area contributed by atoms with Crippen LogP contribution in [0.5, 0.6) is 5.88 Å². The predicted molar refractivity (Wildman–Crippen MR) is 104 cm³/mol. The first-order valence-corrected chi connectivity index (χ1v) is 9.75. The van der Waals surface area contributed by atoms with Crippen LogP contribution in [-0.2, 0) is 4.74 Å². The van der Waals surface area contributed by atoms with Crippen LogP contribution in [0.1, 0.15) is 5.56 Å². The molecule has 9 heteroatoms. The summed E-state index contributed by atoms with van der Waals surface area (Å²) in [7, 11) is 0. The van der Waals surface area contributed by atoms with Gasteiger partial charge < -0.3 is 20.1 Å². The van der Waals surface area contributed by atoms with Gasteiger partial charge in [-0.15, -0.1) is 0 Å². The Hall–Kier alpha value is -1.92. The van der Waals surface area contributed by atoms with Crippen LogP contribution >= 0.6 is 27.5 Å². The molecule has 140 valence electrons. The number of piperidine rings is 1. The molecule has 1 aromatic heterocycles. The maximum Gasteiger partial charge on any atom is 0.233 e. The van der Waals surface area contributed by atoms with Crippen molar-refractivity contribution in [3.05, 3.63) is 39.6 Å². The average Bonchev–Trinajstić information content (AvgIpc) is 2.66. The maximum absolute atomic E-state index is 8.96. The van der Waals surface area contributed by atoms with Crippen molar-refractivity contribution >= 4 is 39.0 Å². The van der Waals surface area contributed by atoms with Crippen LogP contribution < -0.4 is 15.4 Å². The molecular weight excluding hydrogens is 434 g/mol. The van der Waals surface area contributed by atoms with Crippen molar-refractivity contribution in [2.24, 2.45) is 11.8 Å². The molecule has 2 aliphatic rings. The van der Waals surface area contributed by atoms with Crippen molar-refractivity contribution in [2.45, 2.75) is 6.10 Å². The van der Waals surface area contributed by atoms with E-state index in [-0.39, 0.29) is 6.10 Å². The molecule has 0 aliphatic carbocycles. The molecule has 0 spiro atoms. The summed E-state index contributed by atoms with van der Waals surface area (Å²) in [6.45, 7) is 3.11. The summed E-state index contributed by atoms with van der Waals surface area (Å²) in [5.74, 6) is 1.62. The zero-order valence-corrected chi connectivity index (χ0v) is 16.6. The van der Waals surface area contributed by atoms with Crippen molar-refractivity contribution < 1.29 is 9.47 Å². The molecule has 4 rings (SSSR count). The van der Waals surface area contributed by atoms with Crippen LogP contribution in [0.4, 0.5) is 11.5 Å². The lowest BCUT2D eigenvalue weighted by Gasteiger charge is -2.42. The van der Waals surface area contributed by atoms with E-state index in [2.05, 4.69) is 42.6 Å². The molecule has 1 aromatic carbocycles. The van der Waals surface area contributed by atoms with E-state index in [4.69, 9.17) is 26.3 Å². The second-order valence-corrected chi connectivity index (χ2v) is 7.77. The number of anilines is 2. The van der Waals surface area contributed by atoms with Gasteiger partial charge in [0.15, 0.2) is 5.82 Å². The van der Waals surface area contributed by atoms with Crippen molar-refractivity contribution in [1.29, 1.82) is 5.26 Å². The molecule has 2 fully saturated rings. The van der Waals surface area contributed by atoms with Crippen LogP contribution in [0.15, 0.2) is 29.0 Å². The van der Waals surface area contributed by atoms with Gasteiger partial charge in [0.2, 0.25) is 5.88 Å². The number of ether oxygens (including phenoxy) is 2. The van der Waals surface area contributed by atoms with E-state index in [1.54, 1.807) is 18.2 Å². The average molecular weight is 451 g/mol. The van der Waals surface area contributed by atoms with Crippen molar-refractivity contribution in [3.8, 4) is 11.9 Å². The van der Waals surface area contributed by atoms with Gasteiger partial charge in [-0.1, -0.05) is 11.6 Å². The summed E-state index contributed by atoms with van der Waals surface area (Å²) in [6.07, 6.45) is 1.51. The number of nitrogens with zero attached hydrogens (tertiary/aromatic N) is 3. The monoisotopic (exact) mass is 449 g/mol. The Morgan fingerprint density at radius 3 is 2.78 bits per heavy atom. The minimum atomic E-state index is 0.0533. The molecular formula is C18H17BrClN5O2. The minimum absolute atomic E-state index is 0.0533. The van der Waals surface area contributed by atoms with E-state index < -0.39 is 0 Å². The van der Waals surface area contributed by atoms with E-state index in [1.165, 1.54) is 6.33 Å². The van der Waals surface area contributed by atoms with Crippen LogP contribution in [0.2, 0.25) is 5.02 Å². The number of fused-ring (bicyclic) bond motifs is 2. The summed E-state index contributed by atoms with van der Waals surface area (Å²) in [6, 6.07) is 7.10. The zero-order chi connectivity index (χ0) is 18.8. The van der Waals surface area contributed by atoms with E-state index >= 15 is 0 Å². The maximum atomic E-state index is 8.96. The molecule has 2 atom stereocenters. The number of rotatable bonds is 4. The Bertz CT molecular complexity index is 869. The highest BCUT2D eigenvalue weighted by atomic mass is 79.9. The number of hydrogen-bond acceptors (Lipinski definition) is 7. The third-order valence-corrected chi connectivity index (χ3v) is 5.79. The normalized spacial score (nSPS) is 24.1. The number of benzene rings is 1. The molecule has 2 N–H and O–H groups in total. The predicted octanol–water partition coefficient (Wildman–Crippen LogP) is 3.12. The standard InChI is InChI=1S/C18H17BrClN5O2/c19-15-17(25-14-2-1-10(4-21)3-13(14)20)23-9-24-18(15)27-16-11-5-22-6-12(16)8-26-7-11/h1-3,9,11-12,16,22H,5-8H2,(H,23,24,25). The largest absolute Gasteiger partial charge is 0.473 e. The molecule has 7 nitrogen and oxygen atoms in total. The zero-order valence-electron chi connectivity index (χ0n) is 14.3. The number of hydrogen-bond donors (Lipinski definition) is 2. The molecule has 2 bridgehead atoms. The van der Waals surface area contributed by atoms with Gasteiger partial charge in [0.05, 0.1) is 35.6 Å². The van der Waals surface area contributed by atoms with Crippen LogP contribution in [-0.4, -0.2) is 42.4 Å². The Labute approximate surface area is 170 Å². The SMILES string of the molecule is N#Cc1ccc(Nc2ncnc(OC3C4CNCC3COC4)c2Br)c(Cl)c1. The highest BCUT2D eigenvalue weighted by molar-refractivity contribution is 9.10. The van der Waals surface area contributed by atoms with Gasteiger partial charge in [-0.2, -0.15) is 5.26 Å². The first-order chi connectivity index (χ1) is 13.2. The Kier molecular flexibility index (Phi) is 5.45. The van der Waals surface area contributed by atoms with Crippen molar-refractivity contribution in [1.82, 2.24) is 15.3 Å². The fourth-order valence-electron chi connectivity index (χ4n) is 3.41. The highest BCUT2D eigenvalue weighted by Gasteiger charge is 2.39. The quantitative estimate of drug-likeness (QED) is 0.739. The number of nitrogens with one attached hydrogen (secondary N) is 2. The van der Waals surface area contributed by atoms with Crippen molar-refractivity contribution in [3.63, 3.8) is 0 Å². The second kappa shape index (κ2) is 7.98. The Balaban J connectivity index is 1.55. The lowest BCUT2D eigenvalue weighted by molar-refractivity contribution is -0.0836. The number of nitriles is 1. The van der Waals surface area contributed by atoms with Gasteiger partial charge in [-0.25, -0.2) is 9.97 Å². The number of aromatic nitrogens is 2. The first kappa shape index (κ1) is 18.4. The molecule has 0 amide bonds. The first-order valence-electron chi connectivity index (χ1n) is 8.58. The molecule has 2 saturated heterocycles. The van der Waals surface area contributed by atoms with Gasteiger partial charge in [-0.05, 0) is 34.1 Å². The van der Waals surface area contributed by atoms with Crippen LogP contribution in [0.3, 0.4) is 0 Å². The van der Waals surface area contributed by atoms with Gasteiger partial charge in [-0.3, -0.25) is 0 Å². The Morgan fingerprint density at radius 1 is 1.30 bits per heavy atom. The van der Waals surface area contributed by atoms with Gasteiger partial charge in [0.25, 0.3) is 0 Å². The molecule has 2 aliphatic heterocycles. The van der Waals surface area contributed by atoms with E-state index in [9.17, 15) is 0 Å². The molecule has 27 heavy (non-hydrogen) atoms. The number of halogens is 2. The van der Waals surface area contributed by atoms with E-state index in [0.29, 0.717) is 57.5 Å². The topological polar surface area (TPSA) is 92.1 Å². The molecule has 0 radical (unpaired) electrons. The summed E-state index contributed by atoms with van der Waals surface area (Å²) in [4.78, 5) is 8.57. The van der Waals surface area contributed by atoms with E-state index in [0.717, 1.165) is 13.1 Å². The fourth-order valence-corrected chi connectivity index (χ4v) is 4.03. The van der Waals surface area contributed by atoms with Gasteiger partial charge >= 0.3 is 0 Å². The second-order valence-electron chi connectivity index (χ2n) is 6.57. The smallest absolute Gasteiger partial charge is 0.233 e. The fraction of sp³-hybridized carbons (Fsp3) is 0.389. The molecule has 2 unspecified atom stereocenters. The van der Waals surface area contributed by atoms with Crippen LogP contribution in [0, 0.1) is 23.2 Å². The van der Waals surface area contributed by atoms with Gasteiger partial charge in [0.1, 0.15) is 16.9 Å². The summed E-state index contributed by atoms with van der Waals surface area (Å²) < 4.78 is 12.5. The minimum Gasteiger partial charge on any atom is -0.473 e. The summed E-state index contributed by atoms with van der Waals surface area (Å²) >= 11 is 9.79. The third-order valence-electron chi connectivity index (χ3n) is 4.76. The van der Waals surface area contributed by atoms with E-state index in [1.807, 2.05) is 0 Å². The third kappa shape index (κ3) is 3.87. The summed E-state index contributed by atoms with van der Waals surface area (Å²) in [5.41, 5.74) is 1.14. The molecule has 0 saturated carbocycles. The Morgan fingerprint density at radius 2 is 2.07 bits per heavy atom. The highest BCUT2D eigenvalue weighted by Crippen LogP contribution is 2.36. The van der Waals surface area contributed by atoms with Crippen molar-refractivity contribution in [2.75, 3.05) is 31.6 Å². The van der Waals surface area contributed by atoms with Crippen LogP contribution in [0.25, 0.3) is 0 Å². The van der Waals surface area contributed by atoms with Gasteiger partial charge in [0, 0.05) is 24.9 Å².